The molecule has 1 heterocycles. The second-order valence-electron chi connectivity index (χ2n) is 11.4. The number of ketones is 1. The molecule has 4 aliphatic carbocycles. The Kier molecular flexibility index (Phi) is 5.37. The normalized spacial score (nSPS) is 45.5. The standard InChI is InChI=1S/C25H38N2O2S/c1-24(29)10-8-18-16(12-24)4-5-20-19(18)9-11-25(2)21(20)6-7-22(25)23(28)15-27-14-17(30-3)13-26-27/h13-14,16,18-22,29H,4-12,15H2,1-3H3/t16-,18+,19-,20-,21+,22?,24-,25+/m1/s1. The molecule has 0 bridgehead atoms. The molecule has 5 heteroatoms. The van der Waals surface area contributed by atoms with Crippen LogP contribution in [0.1, 0.15) is 71.6 Å². The van der Waals surface area contributed by atoms with Gasteiger partial charge >= 0.3 is 0 Å². The maximum Gasteiger partial charge on any atom is 0.157 e. The van der Waals surface area contributed by atoms with Crippen molar-refractivity contribution < 1.29 is 9.90 Å². The van der Waals surface area contributed by atoms with Crippen molar-refractivity contribution in [1.82, 2.24) is 9.78 Å². The predicted octanol–water partition coefficient (Wildman–Crippen LogP) is 5.19. The van der Waals surface area contributed by atoms with Crippen LogP contribution in [-0.4, -0.2) is 32.5 Å². The number of aliphatic hydroxyl groups is 1. The Bertz CT molecular complexity index is 805. The largest absolute Gasteiger partial charge is 0.390 e. The van der Waals surface area contributed by atoms with E-state index in [0.29, 0.717) is 18.2 Å². The molecule has 1 aromatic rings. The number of fused-ring (bicyclic) bond motifs is 5. The van der Waals surface area contributed by atoms with Crippen LogP contribution in [0.3, 0.4) is 0 Å². The number of thioether (sulfide) groups is 1. The molecule has 166 valence electrons. The number of nitrogens with zero attached hydrogens (tertiary/aromatic N) is 2. The van der Waals surface area contributed by atoms with E-state index in [1.54, 1.807) is 11.8 Å². The van der Waals surface area contributed by atoms with E-state index in [1.165, 1.54) is 38.5 Å². The highest BCUT2D eigenvalue weighted by atomic mass is 32.2. The second kappa shape index (κ2) is 7.65. The van der Waals surface area contributed by atoms with Crippen molar-refractivity contribution in [3.8, 4) is 0 Å². The van der Waals surface area contributed by atoms with E-state index in [2.05, 4.69) is 12.0 Å². The highest BCUT2D eigenvalue weighted by Crippen LogP contribution is 2.64. The zero-order chi connectivity index (χ0) is 21.1. The van der Waals surface area contributed by atoms with Gasteiger partial charge in [0, 0.05) is 17.0 Å². The van der Waals surface area contributed by atoms with Gasteiger partial charge in [-0.15, -0.1) is 11.8 Å². The van der Waals surface area contributed by atoms with Gasteiger partial charge in [0.1, 0.15) is 0 Å². The molecule has 1 unspecified atom stereocenters. The summed E-state index contributed by atoms with van der Waals surface area (Å²) in [4.78, 5) is 14.5. The quantitative estimate of drug-likeness (QED) is 0.668. The lowest BCUT2D eigenvalue weighted by atomic mass is 9.49. The van der Waals surface area contributed by atoms with Gasteiger partial charge in [0.15, 0.2) is 5.78 Å². The van der Waals surface area contributed by atoms with Crippen molar-refractivity contribution in [3.63, 3.8) is 0 Å². The molecular formula is C25H38N2O2S. The van der Waals surface area contributed by atoms with Gasteiger partial charge in [0.05, 0.1) is 18.3 Å². The Morgan fingerprint density at radius 3 is 2.70 bits per heavy atom. The van der Waals surface area contributed by atoms with Crippen molar-refractivity contribution in [2.45, 2.75) is 88.7 Å². The molecule has 4 aliphatic rings. The number of hydrogen-bond donors (Lipinski definition) is 1. The predicted molar refractivity (Wildman–Crippen MR) is 120 cm³/mol. The molecule has 4 nitrogen and oxygen atoms in total. The summed E-state index contributed by atoms with van der Waals surface area (Å²) in [6.07, 6.45) is 16.5. The van der Waals surface area contributed by atoms with Gasteiger partial charge in [-0.05, 0) is 106 Å². The maximum atomic E-state index is 13.3. The van der Waals surface area contributed by atoms with Crippen molar-refractivity contribution in [3.05, 3.63) is 12.4 Å². The summed E-state index contributed by atoms with van der Waals surface area (Å²) in [6, 6.07) is 0. The number of Topliss-reactive ketones (excluding diaryl/α,β-unsaturated/α-hetero) is 1. The molecule has 0 aromatic carbocycles. The summed E-state index contributed by atoms with van der Waals surface area (Å²) in [7, 11) is 0. The van der Waals surface area contributed by atoms with Crippen LogP contribution in [0.25, 0.3) is 0 Å². The van der Waals surface area contributed by atoms with E-state index < -0.39 is 5.60 Å². The number of rotatable bonds is 4. The monoisotopic (exact) mass is 430 g/mol. The Labute approximate surface area is 185 Å². The molecule has 1 aromatic heterocycles. The zero-order valence-electron chi connectivity index (χ0n) is 18.8. The Hall–Kier alpha value is -0.810. The first kappa shape index (κ1) is 21.1. The SMILES string of the molecule is CSc1cnn(CC(=O)C2CC[C@H]3[C@@H]4CC[C@@H]5C[C@](C)(O)CC[C@@H]5[C@H]4CC[C@]23C)c1. The minimum Gasteiger partial charge on any atom is -0.390 e. The Morgan fingerprint density at radius 2 is 1.93 bits per heavy atom. The molecule has 30 heavy (non-hydrogen) atoms. The Morgan fingerprint density at radius 1 is 1.13 bits per heavy atom. The molecule has 0 spiro atoms. The fourth-order valence-corrected chi connectivity index (χ4v) is 8.80. The van der Waals surface area contributed by atoms with Gasteiger partial charge in [-0.3, -0.25) is 9.48 Å². The van der Waals surface area contributed by atoms with Gasteiger partial charge in [-0.2, -0.15) is 5.10 Å². The topological polar surface area (TPSA) is 55.1 Å². The van der Waals surface area contributed by atoms with Crippen molar-refractivity contribution in [1.29, 1.82) is 0 Å². The van der Waals surface area contributed by atoms with E-state index >= 15 is 0 Å². The average Bonchev–Trinajstić information content (AvgIpc) is 3.30. The number of aromatic nitrogens is 2. The smallest absolute Gasteiger partial charge is 0.157 e. The first-order chi connectivity index (χ1) is 14.3. The number of carbonyl (C=O) groups excluding carboxylic acids is 1. The molecule has 1 N–H and O–H groups in total. The molecular weight excluding hydrogens is 392 g/mol. The van der Waals surface area contributed by atoms with Gasteiger partial charge < -0.3 is 5.11 Å². The third-order valence-corrected chi connectivity index (χ3v) is 10.5. The Balaban J connectivity index is 1.30. The summed E-state index contributed by atoms with van der Waals surface area (Å²) in [6.45, 7) is 4.92. The van der Waals surface area contributed by atoms with Crippen molar-refractivity contribution >= 4 is 17.5 Å². The van der Waals surface area contributed by atoms with Crippen LogP contribution >= 0.6 is 11.8 Å². The van der Waals surface area contributed by atoms with Crippen LogP contribution in [0.5, 0.6) is 0 Å². The van der Waals surface area contributed by atoms with Crippen molar-refractivity contribution in [2.75, 3.05) is 6.26 Å². The molecule has 8 atom stereocenters. The lowest BCUT2D eigenvalue weighted by molar-refractivity contribution is -0.133. The van der Waals surface area contributed by atoms with Gasteiger partial charge in [0.2, 0.25) is 0 Å². The van der Waals surface area contributed by atoms with E-state index in [1.807, 2.05) is 30.3 Å². The minimum absolute atomic E-state index is 0.181. The first-order valence-electron chi connectivity index (χ1n) is 12.1. The van der Waals surface area contributed by atoms with Crippen LogP contribution in [0, 0.1) is 40.9 Å². The summed E-state index contributed by atoms with van der Waals surface area (Å²) in [5, 5.41) is 15.0. The third kappa shape index (κ3) is 3.48. The zero-order valence-corrected chi connectivity index (χ0v) is 19.7. The van der Waals surface area contributed by atoms with Crippen LogP contribution in [0.15, 0.2) is 17.3 Å². The van der Waals surface area contributed by atoms with Crippen molar-refractivity contribution in [2.24, 2.45) is 40.9 Å². The summed E-state index contributed by atoms with van der Waals surface area (Å²) in [5.74, 6) is 4.50. The van der Waals surface area contributed by atoms with Gasteiger partial charge in [-0.1, -0.05) is 6.92 Å². The fraction of sp³-hybridized carbons (Fsp3) is 0.840. The summed E-state index contributed by atoms with van der Waals surface area (Å²) in [5.41, 5.74) is -0.258. The van der Waals surface area contributed by atoms with Crippen LogP contribution in [0.4, 0.5) is 0 Å². The van der Waals surface area contributed by atoms with Crippen LogP contribution in [0.2, 0.25) is 0 Å². The van der Waals surface area contributed by atoms with Crippen LogP contribution < -0.4 is 0 Å². The van der Waals surface area contributed by atoms with E-state index in [-0.39, 0.29) is 11.3 Å². The molecule has 0 radical (unpaired) electrons. The van der Waals surface area contributed by atoms with E-state index in [4.69, 9.17) is 0 Å². The second-order valence-corrected chi connectivity index (χ2v) is 12.3. The number of hydrogen-bond acceptors (Lipinski definition) is 4. The average molecular weight is 431 g/mol. The number of carbonyl (C=O) groups is 1. The first-order valence-corrected chi connectivity index (χ1v) is 13.3. The highest BCUT2D eigenvalue weighted by Gasteiger charge is 2.58. The summed E-state index contributed by atoms with van der Waals surface area (Å²) >= 11 is 1.68. The molecule has 4 fully saturated rings. The van der Waals surface area contributed by atoms with Gasteiger partial charge in [-0.25, -0.2) is 0 Å². The highest BCUT2D eigenvalue weighted by molar-refractivity contribution is 7.98. The molecule has 4 saturated carbocycles. The van der Waals surface area contributed by atoms with Crippen LogP contribution in [-0.2, 0) is 11.3 Å². The summed E-state index contributed by atoms with van der Waals surface area (Å²) < 4.78 is 1.84. The van der Waals surface area contributed by atoms with Gasteiger partial charge in [0.25, 0.3) is 0 Å². The molecule has 5 rings (SSSR count). The maximum absolute atomic E-state index is 13.3. The fourth-order valence-electron chi connectivity index (χ4n) is 8.42. The molecule has 0 amide bonds. The van der Waals surface area contributed by atoms with E-state index in [0.717, 1.165) is 47.8 Å². The lowest BCUT2D eigenvalue weighted by Gasteiger charge is -2.56. The molecule has 0 saturated heterocycles. The third-order valence-electron chi connectivity index (χ3n) is 9.79. The lowest BCUT2D eigenvalue weighted by Crippen LogP contribution is -2.51. The van der Waals surface area contributed by atoms with E-state index in [9.17, 15) is 9.90 Å². The minimum atomic E-state index is -0.440. The molecule has 0 aliphatic heterocycles.